The van der Waals surface area contributed by atoms with Gasteiger partial charge in [0.25, 0.3) is 10.1 Å². The fraction of sp³-hybridized carbons (Fsp3) is 0.962. The number of hydrogen-bond acceptors (Lipinski definition) is 5. The maximum atomic E-state index is 12.2. The van der Waals surface area contributed by atoms with Crippen molar-refractivity contribution in [3.63, 3.8) is 0 Å². The quantitative estimate of drug-likeness (QED) is 0.466. The van der Waals surface area contributed by atoms with E-state index in [0.717, 1.165) is 32.1 Å². The van der Waals surface area contributed by atoms with E-state index in [9.17, 15) is 23.4 Å². The smallest absolute Gasteiger partial charge is 0.265 e. The molecule has 0 saturated heterocycles. The molecule has 0 aromatic carbocycles. The Morgan fingerprint density at radius 2 is 1.61 bits per heavy atom. The first-order valence-electron chi connectivity index (χ1n) is 13.2. The SMILES string of the molecule is C[C@H](CCC(=O)CCS(=O)(=O)O)[C@H]1CC[C@H]2[C@@H]3C[C@H](O)[C@@H]4C[C@H](O)CC[C@]4(C)[C@H]3CC[C@]12C. The van der Waals surface area contributed by atoms with E-state index >= 15 is 0 Å². The number of aliphatic hydroxyl groups is 2. The van der Waals surface area contributed by atoms with Gasteiger partial charge in [0.05, 0.1) is 18.0 Å². The summed E-state index contributed by atoms with van der Waals surface area (Å²) < 4.78 is 30.7. The molecule has 0 bridgehead atoms. The lowest BCUT2D eigenvalue weighted by Crippen LogP contribution is -2.58. The first kappa shape index (κ1) is 25.6. The lowest BCUT2D eigenvalue weighted by Gasteiger charge is -2.62. The lowest BCUT2D eigenvalue weighted by molar-refractivity contribution is -0.172. The second-order valence-electron chi connectivity index (χ2n) is 12.5. The summed E-state index contributed by atoms with van der Waals surface area (Å²) in [5.74, 6) is 2.38. The van der Waals surface area contributed by atoms with E-state index in [1.54, 1.807) is 0 Å². The Balaban J connectivity index is 1.42. The van der Waals surface area contributed by atoms with Gasteiger partial charge < -0.3 is 10.2 Å². The van der Waals surface area contributed by atoms with Crippen LogP contribution in [0.4, 0.5) is 0 Å². The largest absolute Gasteiger partial charge is 0.393 e. The van der Waals surface area contributed by atoms with Crippen LogP contribution < -0.4 is 0 Å². The van der Waals surface area contributed by atoms with E-state index in [2.05, 4.69) is 20.8 Å². The third-order valence-corrected chi connectivity index (χ3v) is 11.6. The van der Waals surface area contributed by atoms with E-state index in [1.165, 1.54) is 25.7 Å². The van der Waals surface area contributed by atoms with Gasteiger partial charge >= 0.3 is 0 Å². The predicted molar refractivity (Wildman–Crippen MR) is 127 cm³/mol. The van der Waals surface area contributed by atoms with Crippen molar-refractivity contribution in [2.75, 3.05) is 5.75 Å². The summed E-state index contributed by atoms with van der Waals surface area (Å²) in [6, 6.07) is 0. The van der Waals surface area contributed by atoms with Gasteiger partial charge in [0.2, 0.25) is 0 Å². The van der Waals surface area contributed by atoms with Gasteiger partial charge in [0, 0.05) is 12.8 Å². The summed E-state index contributed by atoms with van der Waals surface area (Å²) in [5.41, 5.74) is 0.362. The Bertz CT molecular complexity index is 842. The van der Waals surface area contributed by atoms with Crippen LogP contribution in [0.25, 0.3) is 0 Å². The van der Waals surface area contributed by atoms with E-state index < -0.39 is 15.9 Å². The summed E-state index contributed by atoms with van der Waals surface area (Å²) in [6.45, 7) is 7.09. The number of Topliss-reactive ketones (excluding diaryl/α,β-unsaturated/α-hetero) is 1. The Morgan fingerprint density at radius 1 is 0.939 bits per heavy atom. The maximum Gasteiger partial charge on any atom is 0.265 e. The summed E-state index contributed by atoms with van der Waals surface area (Å²) >= 11 is 0. The molecule has 0 spiro atoms. The first-order chi connectivity index (χ1) is 15.3. The van der Waals surface area contributed by atoms with E-state index in [0.29, 0.717) is 36.0 Å². The molecule has 190 valence electrons. The zero-order valence-electron chi connectivity index (χ0n) is 20.6. The zero-order chi connectivity index (χ0) is 24.2. The normalized spacial score (nSPS) is 46.2. The molecule has 0 radical (unpaired) electrons. The number of aliphatic hydroxyl groups excluding tert-OH is 2. The molecule has 4 saturated carbocycles. The molecule has 3 N–H and O–H groups in total. The summed E-state index contributed by atoms with van der Waals surface area (Å²) in [4.78, 5) is 12.2. The summed E-state index contributed by atoms with van der Waals surface area (Å²) in [6.07, 6.45) is 8.71. The second kappa shape index (κ2) is 9.18. The highest BCUT2D eigenvalue weighted by Gasteiger charge is 2.62. The molecule has 0 aromatic rings. The lowest BCUT2D eigenvalue weighted by atomic mass is 9.44. The first-order valence-corrected chi connectivity index (χ1v) is 14.8. The van der Waals surface area contributed by atoms with Crippen LogP contribution in [0.1, 0.15) is 91.4 Å². The molecule has 33 heavy (non-hydrogen) atoms. The van der Waals surface area contributed by atoms with Crippen LogP contribution in [0, 0.1) is 46.3 Å². The third-order valence-electron chi connectivity index (χ3n) is 10.9. The molecule has 4 aliphatic rings. The average molecular weight is 485 g/mol. The molecule has 0 heterocycles. The minimum Gasteiger partial charge on any atom is -0.393 e. The molecular formula is C26H44O6S. The molecule has 4 aliphatic carbocycles. The molecule has 0 aromatic heterocycles. The Labute approximate surface area is 199 Å². The molecule has 7 heteroatoms. The van der Waals surface area contributed by atoms with E-state index in [-0.39, 0.29) is 41.2 Å². The third kappa shape index (κ3) is 4.81. The van der Waals surface area contributed by atoms with Crippen LogP contribution in [0.3, 0.4) is 0 Å². The minimum absolute atomic E-state index is 0.0864. The average Bonchev–Trinajstić information content (AvgIpc) is 3.09. The fourth-order valence-corrected chi connectivity index (χ4v) is 9.70. The van der Waals surface area contributed by atoms with E-state index in [4.69, 9.17) is 4.55 Å². The number of rotatable bonds is 7. The number of ketones is 1. The van der Waals surface area contributed by atoms with Gasteiger partial charge in [-0.3, -0.25) is 9.35 Å². The summed E-state index contributed by atoms with van der Waals surface area (Å²) in [7, 11) is -4.09. The molecule has 6 nitrogen and oxygen atoms in total. The van der Waals surface area contributed by atoms with Crippen molar-refractivity contribution in [3.8, 4) is 0 Å². The molecule has 4 fully saturated rings. The van der Waals surface area contributed by atoms with Crippen LogP contribution in [0.5, 0.6) is 0 Å². The van der Waals surface area contributed by atoms with Gasteiger partial charge in [-0.2, -0.15) is 8.42 Å². The molecule has 10 atom stereocenters. The Hall–Kier alpha value is -0.500. The molecule has 0 amide bonds. The van der Waals surface area contributed by atoms with Gasteiger partial charge in [0.15, 0.2) is 0 Å². The van der Waals surface area contributed by atoms with Crippen LogP contribution in [0.15, 0.2) is 0 Å². The van der Waals surface area contributed by atoms with Crippen molar-refractivity contribution in [3.05, 3.63) is 0 Å². The van der Waals surface area contributed by atoms with Gasteiger partial charge in [-0.25, -0.2) is 0 Å². The minimum atomic E-state index is -4.09. The maximum absolute atomic E-state index is 12.2. The predicted octanol–water partition coefficient (Wildman–Crippen LogP) is 4.24. The van der Waals surface area contributed by atoms with Crippen molar-refractivity contribution in [2.24, 2.45) is 46.3 Å². The van der Waals surface area contributed by atoms with E-state index in [1.807, 2.05) is 0 Å². The van der Waals surface area contributed by atoms with Crippen LogP contribution in [-0.2, 0) is 14.9 Å². The number of fused-ring (bicyclic) bond motifs is 5. The second-order valence-corrected chi connectivity index (χ2v) is 14.1. The molecule has 4 rings (SSSR count). The van der Waals surface area contributed by atoms with Gasteiger partial charge in [-0.1, -0.05) is 20.8 Å². The highest BCUT2D eigenvalue weighted by Crippen LogP contribution is 2.68. The molecule has 0 unspecified atom stereocenters. The highest BCUT2D eigenvalue weighted by molar-refractivity contribution is 7.85. The van der Waals surface area contributed by atoms with Crippen molar-refractivity contribution >= 4 is 15.9 Å². The summed E-state index contributed by atoms with van der Waals surface area (Å²) in [5, 5.41) is 21.4. The number of carbonyl (C=O) groups is 1. The van der Waals surface area contributed by atoms with Gasteiger partial charge in [0.1, 0.15) is 5.78 Å². The van der Waals surface area contributed by atoms with Crippen molar-refractivity contribution < 1.29 is 28.0 Å². The molecular weight excluding hydrogens is 440 g/mol. The van der Waals surface area contributed by atoms with Crippen LogP contribution in [-0.4, -0.2) is 46.9 Å². The van der Waals surface area contributed by atoms with Crippen molar-refractivity contribution in [1.29, 1.82) is 0 Å². The van der Waals surface area contributed by atoms with Crippen LogP contribution in [0.2, 0.25) is 0 Å². The van der Waals surface area contributed by atoms with Gasteiger partial charge in [-0.15, -0.1) is 0 Å². The zero-order valence-corrected chi connectivity index (χ0v) is 21.4. The van der Waals surface area contributed by atoms with Gasteiger partial charge in [-0.05, 0) is 104 Å². The fourth-order valence-electron chi connectivity index (χ4n) is 9.21. The topological polar surface area (TPSA) is 112 Å². The number of hydrogen-bond donors (Lipinski definition) is 3. The van der Waals surface area contributed by atoms with Crippen molar-refractivity contribution in [1.82, 2.24) is 0 Å². The highest BCUT2D eigenvalue weighted by atomic mass is 32.2. The standard InChI is InChI=1S/C26H44O6S/c1-16(4-5-17(27)10-13-33(30,31)32)20-6-7-21-19-15-24(29)23-14-18(28)8-11-26(23,3)22(19)9-12-25(20,21)2/h16,18-24,28-29H,4-15H2,1-3H3,(H,30,31,32)/t16-,18-,19+,20-,21+,22+,23+,24+,25-,26-/m1/s1. The Morgan fingerprint density at radius 3 is 2.30 bits per heavy atom. The monoisotopic (exact) mass is 484 g/mol. The molecule has 0 aliphatic heterocycles. The Kier molecular flexibility index (Phi) is 7.12. The number of carbonyl (C=O) groups excluding carboxylic acids is 1. The van der Waals surface area contributed by atoms with Crippen molar-refractivity contribution in [2.45, 2.75) is 104 Å². The van der Waals surface area contributed by atoms with Crippen LogP contribution >= 0.6 is 0 Å².